The number of benzene rings is 1. The van der Waals surface area contributed by atoms with Crippen molar-refractivity contribution in [3.8, 4) is 0 Å². The van der Waals surface area contributed by atoms with Crippen molar-refractivity contribution in [1.82, 2.24) is 4.31 Å². The van der Waals surface area contributed by atoms with Crippen LogP contribution in [-0.2, 0) is 10.0 Å². The van der Waals surface area contributed by atoms with Crippen molar-refractivity contribution in [3.05, 3.63) is 27.7 Å². The number of rotatable bonds is 6. The Balaban J connectivity index is 3.06. The molecule has 0 aliphatic heterocycles. The molecule has 0 aliphatic rings. The fourth-order valence-corrected chi connectivity index (χ4v) is 3.73. The molecule has 0 atom stereocenters. The maximum Gasteiger partial charge on any atom is 0.243 e. The molecule has 0 amide bonds. The predicted molar refractivity (Wildman–Crippen MR) is 78.5 cm³/mol. The minimum absolute atomic E-state index is 0.275. The van der Waals surface area contributed by atoms with E-state index in [4.69, 9.17) is 11.6 Å². The van der Waals surface area contributed by atoms with Crippen LogP contribution in [0.15, 0.2) is 27.6 Å². The van der Waals surface area contributed by atoms with Gasteiger partial charge in [0.15, 0.2) is 0 Å². The lowest BCUT2D eigenvalue weighted by Gasteiger charge is -2.20. The highest BCUT2D eigenvalue weighted by molar-refractivity contribution is 9.10. The summed E-state index contributed by atoms with van der Waals surface area (Å²) in [7, 11) is -3.42. The van der Waals surface area contributed by atoms with Crippen molar-refractivity contribution in [2.75, 3.05) is 13.1 Å². The minimum atomic E-state index is -3.42. The standard InChI is InChI=1S/C12H17BrClNO2S/c1-3-5-8-15(4-2)18(16,17)10-6-7-12(14)11(13)9-10/h6-7,9H,3-5,8H2,1-2H3. The average Bonchev–Trinajstić information content (AvgIpc) is 2.33. The van der Waals surface area contributed by atoms with Crippen LogP contribution in [-0.4, -0.2) is 25.8 Å². The first-order chi connectivity index (χ1) is 8.43. The molecule has 0 saturated heterocycles. The highest BCUT2D eigenvalue weighted by atomic mass is 79.9. The molecule has 0 spiro atoms. The van der Waals surface area contributed by atoms with Gasteiger partial charge in [0.2, 0.25) is 10.0 Å². The maximum absolute atomic E-state index is 12.4. The third kappa shape index (κ3) is 3.70. The first-order valence-corrected chi connectivity index (χ1v) is 8.49. The van der Waals surface area contributed by atoms with Gasteiger partial charge in [0, 0.05) is 17.6 Å². The van der Waals surface area contributed by atoms with Gasteiger partial charge in [-0.05, 0) is 40.5 Å². The molecule has 0 aliphatic carbocycles. The largest absolute Gasteiger partial charge is 0.243 e. The molecule has 0 saturated carbocycles. The van der Waals surface area contributed by atoms with E-state index in [9.17, 15) is 8.42 Å². The van der Waals surface area contributed by atoms with E-state index in [1.807, 2.05) is 13.8 Å². The molecule has 0 aromatic heterocycles. The zero-order valence-corrected chi connectivity index (χ0v) is 13.6. The van der Waals surface area contributed by atoms with E-state index in [0.717, 1.165) is 12.8 Å². The Morgan fingerprint density at radius 3 is 2.50 bits per heavy atom. The Morgan fingerprint density at radius 2 is 2.00 bits per heavy atom. The summed E-state index contributed by atoms with van der Waals surface area (Å²) >= 11 is 9.12. The zero-order valence-electron chi connectivity index (χ0n) is 10.5. The van der Waals surface area contributed by atoms with Crippen LogP contribution in [0.2, 0.25) is 5.02 Å². The van der Waals surface area contributed by atoms with E-state index in [1.165, 1.54) is 10.4 Å². The van der Waals surface area contributed by atoms with Crippen LogP contribution in [0.25, 0.3) is 0 Å². The molecule has 6 heteroatoms. The molecular weight excluding hydrogens is 338 g/mol. The first kappa shape index (κ1) is 16.0. The van der Waals surface area contributed by atoms with Crippen LogP contribution in [0.5, 0.6) is 0 Å². The summed E-state index contributed by atoms with van der Waals surface area (Å²) in [6.07, 6.45) is 1.83. The fourth-order valence-electron chi connectivity index (χ4n) is 1.57. The fraction of sp³-hybridized carbons (Fsp3) is 0.500. The number of unbranched alkanes of at least 4 members (excludes halogenated alkanes) is 1. The van der Waals surface area contributed by atoms with Gasteiger partial charge in [-0.25, -0.2) is 8.42 Å². The topological polar surface area (TPSA) is 37.4 Å². The monoisotopic (exact) mass is 353 g/mol. The van der Waals surface area contributed by atoms with E-state index < -0.39 is 10.0 Å². The Hall–Kier alpha value is -0.100. The van der Waals surface area contributed by atoms with E-state index in [0.29, 0.717) is 22.6 Å². The summed E-state index contributed by atoms with van der Waals surface area (Å²) in [4.78, 5) is 0.275. The van der Waals surface area contributed by atoms with Crippen LogP contribution in [0.3, 0.4) is 0 Å². The second kappa shape index (κ2) is 6.89. The number of hydrogen-bond acceptors (Lipinski definition) is 2. The highest BCUT2D eigenvalue weighted by Crippen LogP contribution is 2.27. The minimum Gasteiger partial charge on any atom is -0.207 e. The van der Waals surface area contributed by atoms with Gasteiger partial charge < -0.3 is 0 Å². The molecule has 18 heavy (non-hydrogen) atoms. The van der Waals surface area contributed by atoms with Gasteiger partial charge in [-0.15, -0.1) is 0 Å². The van der Waals surface area contributed by atoms with Crippen LogP contribution in [0.1, 0.15) is 26.7 Å². The van der Waals surface area contributed by atoms with Crippen molar-refractivity contribution >= 4 is 37.6 Å². The Bertz CT molecular complexity index is 505. The molecule has 0 radical (unpaired) electrons. The van der Waals surface area contributed by atoms with Gasteiger partial charge in [-0.1, -0.05) is 31.9 Å². The van der Waals surface area contributed by atoms with E-state index >= 15 is 0 Å². The van der Waals surface area contributed by atoms with Gasteiger partial charge in [-0.2, -0.15) is 4.31 Å². The van der Waals surface area contributed by atoms with Crippen LogP contribution < -0.4 is 0 Å². The lowest BCUT2D eigenvalue weighted by molar-refractivity contribution is 0.419. The lowest BCUT2D eigenvalue weighted by Crippen LogP contribution is -2.31. The second-order valence-electron chi connectivity index (χ2n) is 3.93. The molecule has 0 heterocycles. The number of halogens is 2. The van der Waals surface area contributed by atoms with Crippen molar-refractivity contribution in [1.29, 1.82) is 0 Å². The Morgan fingerprint density at radius 1 is 1.33 bits per heavy atom. The quantitative estimate of drug-likeness (QED) is 0.776. The second-order valence-corrected chi connectivity index (χ2v) is 7.13. The summed E-state index contributed by atoms with van der Waals surface area (Å²) in [5.74, 6) is 0. The molecule has 1 rings (SSSR count). The van der Waals surface area contributed by atoms with Crippen LogP contribution >= 0.6 is 27.5 Å². The van der Waals surface area contributed by atoms with E-state index in [1.54, 1.807) is 12.1 Å². The molecule has 0 bridgehead atoms. The smallest absolute Gasteiger partial charge is 0.207 e. The average molecular weight is 355 g/mol. The molecule has 102 valence electrons. The summed E-state index contributed by atoms with van der Waals surface area (Å²) in [6, 6.07) is 4.68. The summed E-state index contributed by atoms with van der Waals surface area (Å²) < 4.78 is 26.9. The Labute approximate surface area is 122 Å². The summed E-state index contributed by atoms with van der Waals surface area (Å²) in [6.45, 7) is 4.91. The first-order valence-electron chi connectivity index (χ1n) is 5.88. The SMILES string of the molecule is CCCCN(CC)S(=O)(=O)c1ccc(Cl)c(Br)c1. The molecule has 1 aromatic rings. The number of nitrogens with zero attached hydrogens (tertiary/aromatic N) is 1. The van der Waals surface area contributed by atoms with Crippen molar-refractivity contribution < 1.29 is 8.42 Å². The normalized spacial score (nSPS) is 12.1. The summed E-state index contributed by atoms with van der Waals surface area (Å²) in [5, 5.41) is 0.505. The molecule has 0 N–H and O–H groups in total. The number of hydrogen-bond donors (Lipinski definition) is 0. The van der Waals surface area contributed by atoms with Gasteiger partial charge >= 0.3 is 0 Å². The predicted octanol–water partition coefficient (Wildman–Crippen LogP) is 3.91. The molecule has 0 unspecified atom stereocenters. The van der Waals surface area contributed by atoms with Crippen molar-refractivity contribution in [2.24, 2.45) is 0 Å². The molecular formula is C12H17BrClNO2S. The van der Waals surface area contributed by atoms with Crippen LogP contribution in [0.4, 0.5) is 0 Å². The zero-order chi connectivity index (χ0) is 13.8. The van der Waals surface area contributed by atoms with Crippen molar-refractivity contribution in [3.63, 3.8) is 0 Å². The highest BCUT2D eigenvalue weighted by Gasteiger charge is 2.22. The third-order valence-electron chi connectivity index (χ3n) is 2.64. The molecule has 3 nitrogen and oxygen atoms in total. The van der Waals surface area contributed by atoms with E-state index in [-0.39, 0.29) is 4.90 Å². The summed E-state index contributed by atoms with van der Waals surface area (Å²) in [5.41, 5.74) is 0. The van der Waals surface area contributed by atoms with Crippen LogP contribution in [0, 0.1) is 0 Å². The molecule has 1 aromatic carbocycles. The number of sulfonamides is 1. The lowest BCUT2D eigenvalue weighted by atomic mass is 10.3. The third-order valence-corrected chi connectivity index (χ3v) is 5.83. The van der Waals surface area contributed by atoms with Gasteiger partial charge in [-0.3, -0.25) is 0 Å². The maximum atomic E-state index is 12.4. The van der Waals surface area contributed by atoms with Crippen molar-refractivity contribution in [2.45, 2.75) is 31.6 Å². The van der Waals surface area contributed by atoms with E-state index in [2.05, 4.69) is 15.9 Å². The molecule has 0 fully saturated rings. The van der Waals surface area contributed by atoms with Gasteiger partial charge in [0.1, 0.15) is 0 Å². The van der Waals surface area contributed by atoms with Gasteiger partial charge in [0.05, 0.1) is 9.92 Å². The Kier molecular flexibility index (Phi) is 6.11. The van der Waals surface area contributed by atoms with Gasteiger partial charge in [0.25, 0.3) is 0 Å².